The van der Waals surface area contributed by atoms with Crippen molar-refractivity contribution in [2.75, 3.05) is 11.5 Å². The maximum absolute atomic E-state index is 4.23. The maximum atomic E-state index is 4.23. The SMILES string of the molecule is c1ccc2c(c1)SCC2CSc1ncc[nH]1. The highest BCUT2D eigenvalue weighted by atomic mass is 32.2. The molecule has 4 heteroatoms. The minimum absolute atomic E-state index is 0.663. The molecule has 1 aromatic carbocycles. The Labute approximate surface area is 103 Å². The first-order valence-corrected chi connectivity index (χ1v) is 7.24. The second-order valence-electron chi connectivity index (χ2n) is 3.75. The van der Waals surface area contributed by atoms with Gasteiger partial charge in [-0.3, -0.25) is 0 Å². The molecular weight excluding hydrogens is 236 g/mol. The fourth-order valence-electron chi connectivity index (χ4n) is 1.88. The first kappa shape index (κ1) is 10.3. The number of fused-ring (bicyclic) bond motifs is 1. The van der Waals surface area contributed by atoms with Gasteiger partial charge in [0.1, 0.15) is 0 Å². The van der Waals surface area contributed by atoms with Crippen LogP contribution in [0.1, 0.15) is 11.5 Å². The van der Waals surface area contributed by atoms with E-state index in [2.05, 4.69) is 34.2 Å². The molecule has 0 aliphatic carbocycles. The Kier molecular flexibility index (Phi) is 2.93. The Balaban J connectivity index is 1.69. The van der Waals surface area contributed by atoms with Crippen molar-refractivity contribution in [1.82, 2.24) is 9.97 Å². The molecule has 16 heavy (non-hydrogen) atoms. The lowest BCUT2D eigenvalue weighted by Gasteiger charge is -2.08. The molecule has 1 aliphatic heterocycles. The van der Waals surface area contributed by atoms with Gasteiger partial charge in [-0.2, -0.15) is 0 Å². The summed E-state index contributed by atoms with van der Waals surface area (Å²) >= 11 is 3.78. The van der Waals surface area contributed by atoms with Gasteiger partial charge >= 0.3 is 0 Å². The summed E-state index contributed by atoms with van der Waals surface area (Å²) < 4.78 is 0. The van der Waals surface area contributed by atoms with Crippen molar-refractivity contribution >= 4 is 23.5 Å². The Morgan fingerprint density at radius 3 is 3.25 bits per heavy atom. The van der Waals surface area contributed by atoms with Gasteiger partial charge in [0, 0.05) is 34.7 Å². The Hall–Kier alpha value is -0.870. The lowest BCUT2D eigenvalue weighted by Crippen LogP contribution is -2.00. The van der Waals surface area contributed by atoms with E-state index in [1.54, 1.807) is 6.20 Å². The van der Waals surface area contributed by atoms with Crippen LogP contribution in [0.4, 0.5) is 0 Å². The summed E-state index contributed by atoms with van der Waals surface area (Å²) in [5, 5.41) is 1.02. The molecule has 1 atom stereocenters. The summed E-state index contributed by atoms with van der Waals surface area (Å²) in [6.45, 7) is 0. The molecule has 82 valence electrons. The van der Waals surface area contributed by atoms with Crippen LogP contribution in [-0.2, 0) is 0 Å². The van der Waals surface area contributed by atoms with E-state index in [0.29, 0.717) is 5.92 Å². The van der Waals surface area contributed by atoms with Crippen molar-refractivity contribution in [2.24, 2.45) is 0 Å². The van der Waals surface area contributed by atoms with Gasteiger partial charge in [0.25, 0.3) is 0 Å². The fourth-order valence-corrected chi connectivity index (χ4v) is 4.22. The van der Waals surface area contributed by atoms with Crippen molar-refractivity contribution in [1.29, 1.82) is 0 Å². The van der Waals surface area contributed by atoms with Gasteiger partial charge in [-0.25, -0.2) is 4.98 Å². The van der Waals surface area contributed by atoms with E-state index in [1.165, 1.54) is 16.2 Å². The van der Waals surface area contributed by atoms with Crippen LogP contribution in [0.2, 0.25) is 0 Å². The van der Waals surface area contributed by atoms with Gasteiger partial charge in [0.05, 0.1) is 0 Å². The molecule has 1 unspecified atom stereocenters. The number of nitrogens with one attached hydrogen (secondary N) is 1. The van der Waals surface area contributed by atoms with E-state index < -0.39 is 0 Å². The van der Waals surface area contributed by atoms with Crippen molar-refractivity contribution in [3.05, 3.63) is 42.2 Å². The maximum Gasteiger partial charge on any atom is 0.165 e. The minimum Gasteiger partial charge on any atom is -0.340 e. The number of thioether (sulfide) groups is 2. The van der Waals surface area contributed by atoms with Crippen LogP contribution in [0.15, 0.2) is 46.7 Å². The number of aromatic amines is 1. The Morgan fingerprint density at radius 1 is 1.44 bits per heavy atom. The number of rotatable bonds is 3. The Bertz CT molecular complexity index is 468. The topological polar surface area (TPSA) is 28.7 Å². The first-order valence-electron chi connectivity index (χ1n) is 5.27. The largest absolute Gasteiger partial charge is 0.340 e. The summed E-state index contributed by atoms with van der Waals surface area (Å²) in [6, 6.07) is 8.73. The zero-order valence-corrected chi connectivity index (χ0v) is 10.4. The zero-order chi connectivity index (χ0) is 10.8. The van der Waals surface area contributed by atoms with Crippen molar-refractivity contribution in [3.8, 4) is 0 Å². The van der Waals surface area contributed by atoms with Gasteiger partial charge in [0.15, 0.2) is 5.16 Å². The van der Waals surface area contributed by atoms with Crippen LogP contribution in [-0.4, -0.2) is 21.5 Å². The smallest absolute Gasteiger partial charge is 0.165 e. The zero-order valence-electron chi connectivity index (χ0n) is 8.72. The van der Waals surface area contributed by atoms with Gasteiger partial charge in [0.2, 0.25) is 0 Å². The molecule has 0 saturated heterocycles. The average Bonchev–Trinajstić information content (AvgIpc) is 2.96. The second-order valence-corrected chi connectivity index (χ2v) is 5.82. The average molecular weight is 248 g/mol. The number of imidazole rings is 1. The highest BCUT2D eigenvalue weighted by Crippen LogP contribution is 2.41. The number of aromatic nitrogens is 2. The van der Waals surface area contributed by atoms with Crippen LogP contribution in [0.25, 0.3) is 0 Å². The normalized spacial score (nSPS) is 18.6. The summed E-state index contributed by atoms with van der Waals surface area (Å²) in [7, 11) is 0. The fraction of sp³-hybridized carbons (Fsp3) is 0.250. The molecule has 2 heterocycles. The van der Waals surface area contributed by atoms with Gasteiger partial charge < -0.3 is 4.98 Å². The highest BCUT2D eigenvalue weighted by molar-refractivity contribution is 8.00. The van der Waals surface area contributed by atoms with Gasteiger partial charge in [-0.15, -0.1) is 11.8 Å². The Morgan fingerprint density at radius 2 is 2.38 bits per heavy atom. The monoisotopic (exact) mass is 248 g/mol. The minimum atomic E-state index is 0.663. The van der Waals surface area contributed by atoms with Crippen LogP contribution in [0.5, 0.6) is 0 Å². The lowest BCUT2D eigenvalue weighted by molar-refractivity contribution is 0.891. The molecule has 0 fully saturated rings. The van der Waals surface area contributed by atoms with Crippen LogP contribution >= 0.6 is 23.5 Å². The molecule has 0 amide bonds. The molecule has 3 rings (SSSR count). The molecule has 0 spiro atoms. The van der Waals surface area contributed by atoms with Crippen LogP contribution in [0, 0.1) is 0 Å². The molecule has 0 radical (unpaired) electrons. The standard InChI is InChI=1S/C12H12N2S2/c1-2-4-11-10(3-1)9(7-15-11)8-16-12-13-5-6-14-12/h1-6,9H,7-8H2,(H,13,14). The highest BCUT2D eigenvalue weighted by Gasteiger charge is 2.22. The van der Waals surface area contributed by atoms with Gasteiger partial charge in [-0.05, 0) is 11.6 Å². The molecule has 0 bridgehead atoms. The molecular formula is C12H12N2S2. The molecule has 2 aromatic rings. The molecule has 1 N–H and O–H groups in total. The summed E-state index contributed by atoms with van der Waals surface area (Å²) in [6.07, 6.45) is 3.68. The van der Waals surface area contributed by atoms with Crippen molar-refractivity contribution in [2.45, 2.75) is 16.0 Å². The van der Waals surface area contributed by atoms with E-state index in [-0.39, 0.29) is 0 Å². The number of hydrogen-bond acceptors (Lipinski definition) is 3. The summed E-state index contributed by atoms with van der Waals surface area (Å²) in [5.74, 6) is 2.97. The summed E-state index contributed by atoms with van der Waals surface area (Å²) in [5.41, 5.74) is 1.51. The lowest BCUT2D eigenvalue weighted by atomic mass is 10.0. The van der Waals surface area contributed by atoms with Gasteiger partial charge in [-0.1, -0.05) is 30.0 Å². The molecule has 1 aliphatic rings. The summed E-state index contributed by atoms with van der Waals surface area (Å²) in [4.78, 5) is 8.82. The van der Waals surface area contributed by atoms with Crippen molar-refractivity contribution < 1.29 is 0 Å². The molecule has 2 nitrogen and oxygen atoms in total. The van der Waals surface area contributed by atoms with Crippen LogP contribution in [0.3, 0.4) is 0 Å². The van der Waals surface area contributed by atoms with Crippen LogP contribution < -0.4 is 0 Å². The third-order valence-electron chi connectivity index (χ3n) is 2.69. The molecule has 1 aromatic heterocycles. The third-order valence-corrected chi connectivity index (χ3v) is 5.01. The molecule has 0 saturated carbocycles. The predicted octanol–water partition coefficient (Wildman–Crippen LogP) is 3.39. The first-order chi connectivity index (χ1) is 7.93. The van der Waals surface area contributed by atoms with E-state index in [1.807, 2.05) is 29.7 Å². The predicted molar refractivity (Wildman–Crippen MR) is 69.2 cm³/mol. The quantitative estimate of drug-likeness (QED) is 0.844. The third kappa shape index (κ3) is 1.99. The number of hydrogen-bond donors (Lipinski definition) is 1. The second kappa shape index (κ2) is 4.55. The van der Waals surface area contributed by atoms with E-state index in [0.717, 1.165) is 10.9 Å². The number of nitrogens with zero attached hydrogens (tertiary/aromatic N) is 1. The number of H-pyrrole nitrogens is 1. The van der Waals surface area contributed by atoms with E-state index >= 15 is 0 Å². The van der Waals surface area contributed by atoms with Crippen molar-refractivity contribution in [3.63, 3.8) is 0 Å². The van der Waals surface area contributed by atoms with E-state index in [9.17, 15) is 0 Å². The van der Waals surface area contributed by atoms with E-state index in [4.69, 9.17) is 0 Å². The number of benzene rings is 1.